The third kappa shape index (κ3) is 2.88. The topological polar surface area (TPSA) is 80.6 Å². The van der Waals surface area contributed by atoms with Gasteiger partial charge < -0.3 is 15.5 Å². The number of pyridine rings is 1. The SMILES string of the molecule is Cc1ccc(/C(N)=N/O)c(=O)n1CCc1ccccc1. The molecule has 0 spiro atoms. The van der Waals surface area contributed by atoms with E-state index < -0.39 is 0 Å². The van der Waals surface area contributed by atoms with Crippen LogP contribution in [0.4, 0.5) is 0 Å². The Morgan fingerprint density at radius 1 is 1.25 bits per heavy atom. The normalized spacial score (nSPS) is 11.6. The number of hydrogen-bond donors (Lipinski definition) is 2. The van der Waals surface area contributed by atoms with Crippen LogP contribution in [0.3, 0.4) is 0 Å². The van der Waals surface area contributed by atoms with E-state index in [1.165, 1.54) is 0 Å². The highest BCUT2D eigenvalue weighted by Crippen LogP contribution is 2.04. The second-order valence-corrected chi connectivity index (χ2v) is 4.57. The van der Waals surface area contributed by atoms with Crippen molar-refractivity contribution in [3.63, 3.8) is 0 Å². The Morgan fingerprint density at radius 3 is 2.60 bits per heavy atom. The standard InChI is InChI=1S/C15H17N3O2/c1-11-7-8-13(14(16)17-20)15(19)18(11)10-9-12-5-3-2-4-6-12/h2-8,20H,9-10H2,1H3,(H2,16,17). The lowest BCUT2D eigenvalue weighted by molar-refractivity contribution is 0.318. The summed E-state index contributed by atoms with van der Waals surface area (Å²) in [6.45, 7) is 2.42. The molecule has 2 rings (SSSR count). The van der Waals surface area contributed by atoms with Crippen molar-refractivity contribution in [1.82, 2.24) is 4.57 Å². The number of nitrogens with two attached hydrogens (primary N) is 1. The van der Waals surface area contributed by atoms with Gasteiger partial charge in [0, 0.05) is 12.2 Å². The summed E-state index contributed by atoms with van der Waals surface area (Å²) in [7, 11) is 0. The lowest BCUT2D eigenvalue weighted by atomic mass is 10.1. The second kappa shape index (κ2) is 6.06. The lowest BCUT2D eigenvalue weighted by Gasteiger charge is -2.11. The van der Waals surface area contributed by atoms with Crippen molar-refractivity contribution in [2.75, 3.05) is 0 Å². The number of aromatic nitrogens is 1. The van der Waals surface area contributed by atoms with E-state index in [0.717, 1.165) is 17.7 Å². The van der Waals surface area contributed by atoms with Gasteiger partial charge in [0.05, 0.1) is 5.56 Å². The van der Waals surface area contributed by atoms with Crippen LogP contribution in [0.1, 0.15) is 16.8 Å². The molecule has 104 valence electrons. The third-order valence-corrected chi connectivity index (χ3v) is 3.24. The minimum Gasteiger partial charge on any atom is -0.409 e. The van der Waals surface area contributed by atoms with E-state index in [4.69, 9.17) is 10.9 Å². The molecule has 1 aromatic carbocycles. The summed E-state index contributed by atoms with van der Waals surface area (Å²) in [5, 5.41) is 11.6. The fourth-order valence-electron chi connectivity index (χ4n) is 2.08. The van der Waals surface area contributed by atoms with Gasteiger partial charge in [0.1, 0.15) is 0 Å². The molecule has 0 aliphatic rings. The molecule has 0 saturated heterocycles. The van der Waals surface area contributed by atoms with E-state index in [-0.39, 0.29) is 17.0 Å². The highest BCUT2D eigenvalue weighted by atomic mass is 16.4. The molecule has 0 atom stereocenters. The Hall–Kier alpha value is -2.56. The summed E-state index contributed by atoms with van der Waals surface area (Å²) >= 11 is 0. The molecule has 3 N–H and O–H groups in total. The maximum atomic E-state index is 12.3. The number of aryl methyl sites for hydroxylation is 2. The van der Waals surface area contributed by atoms with E-state index in [2.05, 4.69) is 5.16 Å². The molecular formula is C15H17N3O2. The van der Waals surface area contributed by atoms with Crippen LogP contribution in [0.5, 0.6) is 0 Å². The average Bonchev–Trinajstić information content (AvgIpc) is 2.47. The molecule has 1 heterocycles. The first kappa shape index (κ1) is 13.9. The highest BCUT2D eigenvalue weighted by molar-refractivity contribution is 5.96. The Bertz CT molecular complexity index is 675. The zero-order valence-electron chi connectivity index (χ0n) is 11.3. The monoisotopic (exact) mass is 271 g/mol. The van der Waals surface area contributed by atoms with Crippen LogP contribution in [-0.4, -0.2) is 15.6 Å². The van der Waals surface area contributed by atoms with Crippen molar-refractivity contribution in [1.29, 1.82) is 0 Å². The fraction of sp³-hybridized carbons (Fsp3) is 0.200. The van der Waals surface area contributed by atoms with Gasteiger partial charge in [-0.2, -0.15) is 0 Å². The summed E-state index contributed by atoms with van der Waals surface area (Å²) in [6.07, 6.45) is 0.751. The summed E-state index contributed by atoms with van der Waals surface area (Å²) < 4.78 is 1.64. The molecule has 0 bridgehead atoms. The first-order valence-electron chi connectivity index (χ1n) is 6.35. The maximum absolute atomic E-state index is 12.3. The number of amidine groups is 1. The van der Waals surface area contributed by atoms with Gasteiger partial charge in [-0.3, -0.25) is 4.79 Å². The Labute approximate surface area is 117 Å². The van der Waals surface area contributed by atoms with Gasteiger partial charge in [-0.25, -0.2) is 0 Å². The second-order valence-electron chi connectivity index (χ2n) is 4.57. The third-order valence-electron chi connectivity index (χ3n) is 3.24. The zero-order valence-corrected chi connectivity index (χ0v) is 11.3. The minimum absolute atomic E-state index is 0.163. The van der Waals surface area contributed by atoms with E-state index in [1.54, 1.807) is 16.7 Å². The van der Waals surface area contributed by atoms with E-state index in [0.29, 0.717) is 6.54 Å². The maximum Gasteiger partial charge on any atom is 0.261 e. The molecule has 20 heavy (non-hydrogen) atoms. The number of benzene rings is 1. The molecule has 0 saturated carbocycles. The Morgan fingerprint density at radius 2 is 1.95 bits per heavy atom. The summed E-state index contributed by atoms with van der Waals surface area (Å²) in [4.78, 5) is 12.3. The molecule has 0 fully saturated rings. The van der Waals surface area contributed by atoms with Crippen LogP contribution in [0.2, 0.25) is 0 Å². The first-order valence-corrected chi connectivity index (χ1v) is 6.35. The van der Waals surface area contributed by atoms with Gasteiger partial charge in [-0.15, -0.1) is 0 Å². The van der Waals surface area contributed by atoms with Crippen LogP contribution in [0.15, 0.2) is 52.4 Å². The van der Waals surface area contributed by atoms with Crippen molar-refractivity contribution in [2.24, 2.45) is 10.9 Å². The number of rotatable bonds is 4. The average molecular weight is 271 g/mol. The zero-order chi connectivity index (χ0) is 14.5. The predicted molar refractivity (Wildman–Crippen MR) is 78.1 cm³/mol. The molecule has 0 aliphatic heterocycles. The van der Waals surface area contributed by atoms with Gasteiger partial charge in [0.25, 0.3) is 5.56 Å². The molecule has 1 aromatic heterocycles. The molecule has 2 aromatic rings. The number of hydrogen-bond acceptors (Lipinski definition) is 3. The molecule has 0 unspecified atom stereocenters. The highest BCUT2D eigenvalue weighted by Gasteiger charge is 2.09. The summed E-state index contributed by atoms with van der Waals surface area (Å²) in [5.41, 5.74) is 7.49. The van der Waals surface area contributed by atoms with Crippen molar-refractivity contribution in [3.05, 3.63) is 69.6 Å². The van der Waals surface area contributed by atoms with Crippen LogP contribution >= 0.6 is 0 Å². The van der Waals surface area contributed by atoms with Crippen LogP contribution in [-0.2, 0) is 13.0 Å². The van der Waals surface area contributed by atoms with E-state index in [9.17, 15) is 4.79 Å². The van der Waals surface area contributed by atoms with Crippen LogP contribution < -0.4 is 11.3 Å². The minimum atomic E-state index is -0.240. The van der Waals surface area contributed by atoms with Gasteiger partial charge in [0.2, 0.25) is 0 Å². The molecule has 0 radical (unpaired) electrons. The van der Waals surface area contributed by atoms with Gasteiger partial charge in [-0.1, -0.05) is 35.5 Å². The van der Waals surface area contributed by atoms with Crippen molar-refractivity contribution in [3.8, 4) is 0 Å². The number of nitrogens with zero attached hydrogens (tertiary/aromatic N) is 2. The van der Waals surface area contributed by atoms with Crippen molar-refractivity contribution >= 4 is 5.84 Å². The quantitative estimate of drug-likeness (QED) is 0.382. The lowest BCUT2D eigenvalue weighted by Crippen LogP contribution is -2.31. The Balaban J connectivity index is 2.30. The number of oxime groups is 1. The van der Waals surface area contributed by atoms with Crippen molar-refractivity contribution < 1.29 is 5.21 Å². The first-order chi connectivity index (χ1) is 9.63. The Kier molecular flexibility index (Phi) is 4.20. The van der Waals surface area contributed by atoms with Gasteiger partial charge >= 0.3 is 0 Å². The van der Waals surface area contributed by atoms with Crippen LogP contribution in [0.25, 0.3) is 0 Å². The molecule has 0 amide bonds. The molecule has 5 heteroatoms. The molecule has 0 aliphatic carbocycles. The summed E-state index contributed by atoms with van der Waals surface area (Å²) in [6, 6.07) is 13.3. The van der Waals surface area contributed by atoms with E-state index in [1.807, 2.05) is 37.3 Å². The van der Waals surface area contributed by atoms with Gasteiger partial charge in [-0.05, 0) is 31.0 Å². The van der Waals surface area contributed by atoms with Crippen molar-refractivity contribution in [2.45, 2.75) is 19.9 Å². The van der Waals surface area contributed by atoms with Crippen LogP contribution in [0, 0.1) is 6.92 Å². The smallest absolute Gasteiger partial charge is 0.261 e. The molecular weight excluding hydrogens is 254 g/mol. The summed E-state index contributed by atoms with van der Waals surface area (Å²) in [5.74, 6) is -0.163. The largest absolute Gasteiger partial charge is 0.409 e. The molecule has 5 nitrogen and oxygen atoms in total. The van der Waals surface area contributed by atoms with E-state index >= 15 is 0 Å². The van der Waals surface area contributed by atoms with Gasteiger partial charge in [0.15, 0.2) is 5.84 Å². The fourth-order valence-corrected chi connectivity index (χ4v) is 2.08. The predicted octanol–water partition coefficient (Wildman–Crippen LogP) is 1.49.